The molecule has 1 fully saturated rings. The fraction of sp³-hybridized carbons (Fsp3) is 0.567. The Labute approximate surface area is 207 Å². The minimum atomic E-state index is -0.775. The highest BCUT2D eigenvalue weighted by atomic mass is 16.1. The molecule has 1 amide bonds. The van der Waals surface area contributed by atoms with Gasteiger partial charge in [0.15, 0.2) is 0 Å². The van der Waals surface area contributed by atoms with Crippen LogP contribution in [0, 0.1) is 5.92 Å². The van der Waals surface area contributed by atoms with E-state index in [1.165, 1.54) is 57.9 Å². The highest BCUT2D eigenvalue weighted by Crippen LogP contribution is 2.43. The predicted molar refractivity (Wildman–Crippen MR) is 143 cm³/mol. The molecule has 1 saturated heterocycles. The maximum Gasteiger partial charge on any atom is 0.232 e. The molecular formula is C30H45N3O. The Bertz CT molecular complexity index is 784. The molecule has 0 saturated carbocycles. The zero-order valence-corrected chi connectivity index (χ0v) is 21.2. The molecule has 2 aromatic carbocycles. The van der Waals surface area contributed by atoms with Crippen LogP contribution in [0.4, 0.5) is 0 Å². The van der Waals surface area contributed by atoms with Gasteiger partial charge in [-0.05, 0) is 68.9 Å². The van der Waals surface area contributed by atoms with Gasteiger partial charge in [0.2, 0.25) is 5.91 Å². The number of hydrogen-bond acceptors (Lipinski definition) is 3. The quantitative estimate of drug-likeness (QED) is 0.323. The lowest BCUT2D eigenvalue weighted by atomic mass is 9.64. The molecule has 1 atom stereocenters. The average molecular weight is 464 g/mol. The lowest BCUT2D eigenvalue weighted by Gasteiger charge is -2.37. The molecule has 0 radical (unpaired) electrons. The van der Waals surface area contributed by atoms with Crippen LogP contribution < -0.4 is 11.1 Å². The number of primary amides is 1. The standard InChI is InChI=1S/C30H45N3O/c1-2-21-32-22-14-6-4-3-5-7-15-23-33-24-20-28(25-33)30(29(31)34,26-16-10-8-11-17-26)27-18-12-9-13-19-27/h8-13,16-19,28,32H,2-7,14-15,20-25H2,1H3,(H2,31,34)/t28-/m1/s1. The Morgan fingerprint density at radius 2 is 1.44 bits per heavy atom. The van der Waals surface area contributed by atoms with Crippen LogP contribution in [0.15, 0.2) is 60.7 Å². The zero-order chi connectivity index (χ0) is 24.1. The smallest absolute Gasteiger partial charge is 0.232 e. The summed E-state index contributed by atoms with van der Waals surface area (Å²) in [6.45, 7) is 7.63. The van der Waals surface area contributed by atoms with Crippen molar-refractivity contribution in [1.29, 1.82) is 0 Å². The Kier molecular flexibility index (Phi) is 11.1. The lowest BCUT2D eigenvalue weighted by molar-refractivity contribution is -0.123. The second-order valence-electron chi connectivity index (χ2n) is 9.92. The van der Waals surface area contributed by atoms with Crippen LogP contribution >= 0.6 is 0 Å². The molecule has 1 heterocycles. The van der Waals surface area contributed by atoms with Crippen LogP contribution in [0.1, 0.15) is 75.8 Å². The van der Waals surface area contributed by atoms with Crippen LogP contribution in [0.5, 0.6) is 0 Å². The van der Waals surface area contributed by atoms with Crippen molar-refractivity contribution in [3.05, 3.63) is 71.8 Å². The van der Waals surface area contributed by atoms with Gasteiger partial charge in [0, 0.05) is 6.54 Å². The number of benzene rings is 2. The molecule has 4 heteroatoms. The van der Waals surface area contributed by atoms with E-state index in [1.807, 2.05) is 36.4 Å². The molecule has 0 unspecified atom stereocenters. The van der Waals surface area contributed by atoms with Gasteiger partial charge >= 0.3 is 0 Å². The van der Waals surface area contributed by atoms with Crippen LogP contribution in [-0.4, -0.2) is 43.5 Å². The van der Waals surface area contributed by atoms with E-state index in [0.717, 1.165) is 43.7 Å². The SMILES string of the molecule is CCCNCCCCCCCCCN1CC[C@@H](C(C(N)=O)(c2ccccc2)c2ccccc2)C1. The number of carbonyl (C=O) groups excluding carboxylic acids is 1. The number of carbonyl (C=O) groups is 1. The molecule has 2 aromatic rings. The largest absolute Gasteiger partial charge is 0.369 e. The summed E-state index contributed by atoms with van der Waals surface area (Å²) in [6, 6.07) is 20.4. The lowest BCUT2D eigenvalue weighted by Crippen LogP contribution is -2.49. The molecule has 0 aliphatic carbocycles. The first kappa shape index (κ1) is 26.4. The summed E-state index contributed by atoms with van der Waals surface area (Å²) >= 11 is 0. The summed E-state index contributed by atoms with van der Waals surface area (Å²) in [5, 5.41) is 3.48. The molecule has 1 aliphatic heterocycles. The van der Waals surface area contributed by atoms with Gasteiger partial charge in [-0.15, -0.1) is 0 Å². The maximum absolute atomic E-state index is 13.2. The van der Waals surface area contributed by atoms with Crippen molar-refractivity contribution in [2.45, 2.75) is 70.1 Å². The van der Waals surface area contributed by atoms with Crippen molar-refractivity contribution in [2.75, 3.05) is 32.7 Å². The highest BCUT2D eigenvalue weighted by Gasteiger charge is 2.49. The van der Waals surface area contributed by atoms with E-state index >= 15 is 0 Å². The molecule has 34 heavy (non-hydrogen) atoms. The van der Waals surface area contributed by atoms with Gasteiger partial charge in [0.05, 0.1) is 0 Å². The highest BCUT2D eigenvalue weighted by molar-refractivity contribution is 5.91. The predicted octanol–water partition coefficient (Wildman–Crippen LogP) is 5.51. The van der Waals surface area contributed by atoms with Crippen LogP contribution in [0.2, 0.25) is 0 Å². The molecule has 0 spiro atoms. The first-order valence-electron chi connectivity index (χ1n) is 13.5. The minimum Gasteiger partial charge on any atom is -0.369 e. The zero-order valence-electron chi connectivity index (χ0n) is 21.2. The van der Waals surface area contributed by atoms with Gasteiger partial charge in [-0.3, -0.25) is 4.79 Å². The van der Waals surface area contributed by atoms with Gasteiger partial charge < -0.3 is 16.0 Å². The third-order valence-corrected chi connectivity index (χ3v) is 7.49. The number of unbranched alkanes of at least 4 members (excludes halogenated alkanes) is 6. The Morgan fingerprint density at radius 1 is 0.882 bits per heavy atom. The van der Waals surface area contributed by atoms with Crippen molar-refractivity contribution in [2.24, 2.45) is 11.7 Å². The molecule has 0 aromatic heterocycles. The third kappa shape index (κ3) is 6.93. The molecule has 186 valence electrons. The molecule has 0 bridgehead atoms. The van der Waals surface area contributed by atoms with Gasteiger partial charge in [-0.1, -0.05) is 99.7 Å². The number of likely N-dealkylation sites (tertiary alicyclic amines) is 1. The van der Waals surface area contributed by atoms with Crippen LogP contribution in [0.3, 0.4) is 0 Å². The number of nitrogens with two attached hydrogens (primary N) is 1. The molecule has 3 rings (SSSR count). The summed E-state index contributed by atoms with van der Waals surface area (Å²) in [4.78, 5) is 15.7. The number of nitrogens with one attached hydrogen (secondary N) is 1. The van der Waals surface area contributed by atoms with Crippen molar-refractivity contribution in [3.63, 3.8) is 0 Å². The maximum atomic E-state index is 13.2. The molecule has 3 N–H and O–H groups in total. The third-order valence-electron chi connectivity index (χ3n) is 7.49. The molecular weight excluding hydrogens is 418 g/mol. The number of nitrogens with zero attached hydrogens (tertiary/aromatic N) is 1. The first-order valence-corrected chi connectivity index (χ1v) is 13.5. The average Bonchev–Trinajstić information content (AvgIpc) is 3.33. The summed E-state index contributed by atoms with van der Waals surface area (Å²) in [5.41, 5.74) is 7.48. The number of rotatable bonds is 16. The summed E-state index contributed by atoms with van der Waals surface area (Å²) < 4.78 is 0. The monoisotopic (exact) mass is 463 g/mol. The topological polar surface area (TPSA) is 58.4 Å². The summed E-state index contributed by atoms with van der Waals surface area (Å²) in [6.07, 6.45) is 11.5. The van der Waals surface area contributed by atoms with Crippen LogP contribution in [0.25, 0.3) is 0 Å². The second kappa shape index (κ2) is 14.3. The van der Waals surface area contributed by atoms with E-state index < -0.39 is 5.41 Å². The number of amides is 1. The Morgan fingerprint density at radius 3 is 2.00 bits per heavy atom. The van der Waals surface area contributed by atoms with Gasteiger partial charge in [-0.25, -0.2) is 0 Å². The van der Waals surface area contributed by atoms with Crippen molar-refractivity contribution in [1.82, 2.24) is 10.2 Å². The van der Waals surface area contributed by atoms with E-state index in [4.69, 9.17) is 5.73 Å². The Hall–Kier alpha value is -2.17. The first-order chi connectivity index (χ1) is 16.7. The summed E-state index contributed by atoms with van der Waals surface area (Å²) in [7, 11) is 0. The minimum absolute atomic E-state index is 0.191. The van der Waals surface area contributed by atoms with E-state index in [9.17, 15) is 4.79 Å². The molecule has 4 nitrogen and oxygen atoms in total. The van der Waals surface area contributed by atoms with Crippen LogP contribution in [-0.2, 0) is 10.2 Å². The van der Waals surface area contributed by atoms with Gasteiger partial charge in [0.1, 0.15) is 5.41 Å². The fourth-order valence-electron chi connectivity index (χ4n) is 5.69. The number of hydrogen-bond donors (Lipinski definition) is 2. The second-order valence-corrected chi connectivity index (χ2v) is 9.92. The van der Waals surface area contributed by atoms with Gasteiger partial charge in [-0.2, -0.15) is 0 Å². The van der Waals surface area contributed by atoms with Gasteiger partial charge in [0.25, 0.3) is 0 Å². The van der Waals surface area contributed by atoms with E-state index in [2.05, 4.69) is 41.4 Å². The van der Waals surface area contributed by atoms with E-state index in [-0.39, 0.29) is 11.8 Å². The summed E-state index contributed by atoms with van der Waals surface area (Å²) in [5.74, 6) is -0.0437. The normalized spacial score (nSPS) is 16.7. The van der Waals surface area contributed by atoms with Crippen molar-refractivity contribution < 1.29 is 4.79 Å². The Balaban J connectivity index is 1.50. The van der Waals surface area contributed by atoms with Crippen molar-refractivity contribution >= 4 is 5.91 Å². The fourth-order valence-corrected chi connectivity index (χ4v) is 5.69. The van der Waals surface area contributed by atoms with E-state index in [1.54, 1.807) is 0 Å². The van der Waals surface area contributed by atoms with Crippen molar-refractivity contribution in [3.8, 4) is 0 Å². The molecule has 1 aliphatic rings. The van der Waals surface area contributed by atoms with E-state index in [0.29, 0.717) is 0 Å².